The first kappa shape index (κ1) is 27.0. The van der Waals surface area contributed by atoms with E-state index in [1.165, 1.54) is 0 Å². The summed E-state index contributed by atoms with van der Waals surface area (Å²) >= 11 is 0. The number of ether oxygens (including phenoxy) is 1. The van der Waals surface area contributed by atoms with Gasteiger partial charge in [0.05, 0.1) is 12.7 Å². The molecule has 0 aliphatic carbocycles. The number of anilines is 1. The number of phosphoric acid groups is 3. The van der Waals surface area contributed by atoms with E-state index in [1.54, 1.807) is 0 Å². The van der Waals surface area contributed by atoms with Crippen molar-refractivity contribution in [1.29, 1.82) is 0 Å². The lowest BCUT2D eigenvalue weighted by atomic mass is 10.2. The number of phosphoric ester groups is 1. The topological polar surface area (TPSA) is 250 Å². The Labute approximate surface area is 174 Å². The summed E-state index contributed by atoms with van der Waals surface area (Å²) in [5, 5.41) is 9.95. The lowest BCUT2D eigenvalue weighted by Gasteiger charge is -2.20. The van der Waals surface area contributed by atoms with E-state index in [9.17, 15) is 41.7 Å². The number of halogens is 3. The number of aliphatic hydroxyl groups excluding tert-OH is 1. The van der Waals surface area contributed by atoms with Crippen LogP contribution in [0.3, 0.4) is 0 Å². The van der Waals surface area contributed by atoms with Gasteiger partial charge in [-0.3, -0.25) is 9.09 Å². The monoisotopic (exact) mass is 535 g/mol. The van der Waals surface area contributed by atoms with Gasteiger partial charge in [-0.2, -0.15) is 26.8 Å². The molecule has 0 saturated carbocycles. The molecule has 2 heterocycles. The predicted molar refractivity (Wildman–Crippen MR) is 92.3 cm³/mol. The number of hydrogen-bond donors (Lipinski definition) is 6. The van der Waals surface area contributed by atoms with Gasteiger partial charge in [0.15, 0.2) is 0 Å². The van der Waals surface area contributed by atoms with Crippen LogP contribution in [0.4, 0.5) is 19.0 Å². The second kappa shape index (κ2) is 9.21. The molecule has 1 aromatic heterocycles. The minimum atomic E-state index is -5.78. The summed E-state index contributed by atoms with van der Waals surface area (Å²) in [6.45, 7) is -1.08. The average molecular weight is 535 g/mol. The van der Waals surface area contributed by atoms with Crippen molar-refractivity contribution in [2.75, 3.05) is 12.3 Å². The van der Waals surface area contributed by atoms with E-state index in [2.05, 4.69) is 18.1 Å². The minimum Gasteiger partial charge on any atom is -0.390 e. The third kappa shape index (κ3) is 7.41. The van der Waals surface area contributed by atoms with Gasteiger partial charge in [-0.25, -0.2) is 18.5 Å². The van der Waals surface area contributed by atoms with Crippen molar-refractivity contribution in [2.24, 2.45) is 0 Å². The molecule has 0 amide bonds. The Kier molecular flexibility index (Phi) is 7.79. The molecule has 5 atom stereocenters. The third-order valence-corrected chi connectivity index (χ3v) is 7.42. The van der Waals surface area contributed by atoms with Crippen LogP contribution in [0, 0.1) is 0 Å². The van der Waals surface area contributed by atoms with Gasteiger partial charge in [0.1, 0.15) is 23.7 Å². The summed E-state index contributed by atoms with van der Waals surface area (Å²) in [6.07, 6.45) is -9.86. The first-order valence-corrected chi connectivity index (χ1v) is 12.4. The van der Waals surface area contributed by atoms with Gasteiger partial charge in [-0.05, 0) is 0 Å². The summed E-state index contributed by atoms with van der Waals surface area (Å²) in [6, 6.07) is 0. The van der Waals surface area contributed by atoms with Crippen LogP contribution in [0.1, 0.15) is 18.2 Å². The normalized spacial score (nSPS) is 25.9. The van der Waals surface area contributed by atoms with Crippen molar-refractivity contribution < 1.29 is 69.4 Å². The third-order valence-electron chi connectivity index (χ3n) is 3.62. The standard InChI is InChI=1S/C10H15F3N3O13P3/c11-10(12,13)4-2-16(9(18)15-8(4)14)7-1-5(17)6(27-7)3-26-31(22,23)29-32(24,25)28-30(19,20)21/h2,5-7,17H,1,3H2,(H,22,23)(H,24,25)(H2,14,15,18)(H2,19,20,21)/t5-,6-,7-/m1/s1. The predicted octanol–water partition coefficient (Wildman–Crippen LogP) is -0.164. The Balaban J connectivity index is 2.10. The Morgan fingerprint density at radius 1 is 1.19 bits per heavy atom. The molecule has 0 spiro atoms. The van der Waals surface area contributed by atoms with Gasteiger partial charge in [0.25, 0.3) is 0 Å². The van der Waals surface area contributed by atoms with Gasteiger partial charge in [-0.15, -0.1) is 0 Å². The number of aromatic nitrogens is 2. The summed E-state index contributed by atoms with van der Waals surface area (Å²) in [5.74, 6) is -1.10. The van der Waals surface area contributed by atoms with Crippen LogP contribution in [0.5, 0.6) is 0 Å². The molecule has 2 rings (SSSR count). The van der Waals surface area contributed by atoms with Crippen LogP contribution < -0.4 is 11.4 Å². The molecule has 2 unspecified atom stereocenters. The Hall–Kier alpha value is -1.20. The van der Waals surface area contributed by atoms with Gasteiger partial charge < -0.3 is 35.2 Å². The van der Waals surface area contributed by atoms with Crippen molar-refractivity contribution >= 4 is 29.3 Å². The number of nitrogens with zero attached hydrogens (tertiary/aromatic N) is 2. The first-order chi connectivity index (χ1) is 14.3. The maximum absolute atomic E-state index is 13.0. The van der Waals surface area contributed by atoms with E-state index < -0.39 is 78.2 Å². The second-order valence-electron chi connectivity index (χ2n) is 6.05. The molecule has 1 aromatic rings. The van der Waals surface area contributed by atoms with E-state index in [4.69, 9.17) is 25.2 Å². The quantitative estimate of drug-likeness (QED) is 0.237. The SMILES string of the molecule is Nc1nc(=O)n([C@H]2C[C@@H](O)[C@@H](COP(=O)(O)OP(=O)(O)OP(=O)(O)O)O2)cc1C(F)(F)F. The van der Waals surface area contributed by atoms with Crippen LogP contribution in [-0.2, 0) is 37.8 Å². The summed E-state index contributed by atoms with van der Waals surface area (Å²) < 4.78 is 89.1. The molecule has 1 fully saturated rings. The highest BCUT2D eigenvalue weighted by atomic mass is 31.3. The molecular weight excluding hydrogens is 520 g/mol. The van der Waals surface area contributed by atoms with Crippen LogP contribution in [-0.4, -0.2) is 53.0 Å². The average Bonchev–Trinajstić information content (AvgIpc) is 2.89. The summed E-state index contributed by atoms with van der Waals surface area (Å²) in [4.78, 5) is 50.2. The molecule has 1 aliphatic heterocycles. The first-order valence-electron chi connectivity index (χ1n) is 7.87. The smallest absolute Gasteiger partial charge is 0.390 e. The zero-order valence-corrected chi connectivity index (χ0v) is 17.9. The number of aliphatic hydroxyl groups is 1. The molecule has 184 valence electrons. The summed E-state index contributed by atoms with van der Waals surface area (Å²) in [5.41, 5.74) is 2.36. The van der Waals surface area contributed by atoms with E-state index >= 15 is 0 Å². The molecule has 0 bridgehead atoms. The van der Waals surface area contributed by atoms with Crippen molar-refractivity contribution in [2.45, 2.75) is 31.0 Å². The fourth-order valence-corrected chi connectivity index (χ4v) is 5.44. The van der Waals surface area contributed by atoms with Crippen LogP contribution in [0.25, 0.3) is 0 Å². The molecule has 1 saturated heterocycles. The van der Waals surface area contributed by atoms with Crippen molar-refractivity contribution in [1.82, 2.24) is 9.55 Å². The molecule has 0 aromatic carbocycles. The lowest BCUT2D eigenvalue weighted by Crippen LogP contribution is -2.30. The Morgan fingerprint density at radius 3 is 2.31 bits per heavy atom. The zero-order valence-electron chi connectivity index (χ0n) is 15.2. The number of nitrogen functional groups attached to an aromatic ring is 1. The maximum atomic E-state index is 13.0. The summed E-state index contributed by atoms with van der Waals surface area (Å²) in [7, 11) is -16.9. The van der Waals surface area contributed by atoms with E-state index in [1.807, 2.05) is 0 Å². The second-order valence-corrected chi connectivity index (χ2v) is 10.5. The van der Waals surface area contributed by atoms with Crippen molar-refractivity contribution in [3.8, 4) is 0 Å². The molecule has 32 heavy (non-hydrogen) atoms. The fraction of sp³-hybridized carbons (Fsp3) is 0.600. The van der Waals surface area contributed by atoms with Crippen LogP contribution in [0.2, 0.25) is 0 Å². The van der Waals surface area contributed by atoms with E-state index in [0.29, 0.717) is 10.8 Å². The molecule has 22 heteroatoms. The largest absolute Gasteiger partial charge is 0.490 e. The fourth-order valence-electron chi connectivity index (χ4n) is 2.41. The van der Waals surface area contributed by atoms with Crippen LogP contribution in [0.15, 0.2) is 11.0 Å². The number of alkyl halides is 3. The van der Waals surface area contributed by atoms with E-state index in [-0.39, 0.29) is 0 Å². The number of rotatable bonds is 8. The lowest BCUT2D eigenvalue weighted by molar-refractivity contribution is -0.138. The maximum Gasteiger partial charge on any atom is 0.490 e. The molecular formula is C10H15F3N3O13P3. The van der Waals surface area contributed by atoms with Crippen molar-refractivity contribution in [3.63, 3.8) is 0 Å². The highest BCUT2D eigenvalue weighted by Gasteiger charge is 2.43. The Morgan fingerprint density at radius 2 is 1.78 bits per heavy atom. The van der Waals surface area contributed by atoms with Gasteiger partial charge in [0.2, 0.25) is 0 Å². The highest BCUT2D eigenvalue weighted by molar-refractivity contribution is 7.66. The highest BCUT2D eigenvalue weighted by Crippen LogP contribution is 2.66. The van der Waals surface area contributed by atoms with E-state index in [0.717, 1.165) is 0 Å². The molecule has 16 nitrogen and oxygen atoms in total. The molecule has 7 N–H and O–H groups in total. The van der Waals surface area contributed by atoms with Gasteiger partial charge >= 0.3 is 35.3 Å². The van der Waals surface area contributed by atoms with Crippen molar-refractivity contribution in [3.05, 3.63) is 22.2 Å². The van der Waals surface area contributed by atoms with Crippen LogP contribution >= 0.6 is 23.5 Å². The molecule has 0 radical (unpaired) electrons. The zero-order chi connectivity index (χ0) is 24.7. The number of nitrogens with two attached hydrogens (primary N) is 1. The van der Waals surface area contributed by atoms with Gasteiger partial charge in [-0.1, -0.05) is 0 Å². The minimum absolute atomic E-state index is 0.298. The Bertz CT molecular complexity index is 1060. The molecule has 1 aliphatic rings. The number of hydrogen-bond acceptors (Lipinski definition) is 11. The van der Waals surface area contributed by atoms with Gasteiger partial charge in [0, 0.05) is 12.6 Å².